The molecule has 2 N–H and O–H groups in total. The average molecular weight is 463 g/mol. The van der Waals surface area contributed by atoms with Gasteiger partial charge in [-0.05, 0) is 37.1 Å². The fourth-order valence-electron chi connectivity index (χ4n) is 3.87. The van der Waals surface area contributed by atoms with Crippen LogP contribution < -0.4 is 5.73 Å². The topological polar surface area (TPSA) is 88.5 Å². The Morgan fingerprint density at radius 3 is 2.34 bits per heavy atom. The number of benzene rings is 1. The number of nitrogens with zero attached hydrogens (tertiary/aromatic N) is 4. The minimum atomic E-state index is -0.637. The molecular formula is C19H26Cl3N5O2. The van der Waals surface area contributed by atoms with Gasteiger partial charge in [-0.1, -0.05) is 29.6 Å². The van der Waals surface area contributed by atoms with Crippen molar-refractivity contribution in [2.75, 3.05) is 26.2 Å². The van der Waals surface area contributed by atoms with Gasteiger partial charge in [0.25, 0.3) is 0 Å². The number of halogens is 3. The van der Waals surface area contributed by atoms with Gasteiger partial charge < -0.3 is 15.2 Å². The highest BCUT2D eigenvalue weighted by Crippen LogP contribution is 2.29. The Hall–Kier alpha value is -1.38. The van der Waals surface area contributed by atoms with E-state index in [1.165, 1.54) is 0 Å². The van der Waals surface area contributed by atoms with Crippen molar-refractivity contribution in [2.24, 2.45) is 5.73 Å². The molecule has 0 atom stereocenters. The average Bonchev–Trinajstić information content (AvgIpc) is 3.32. The first-order valence-electron chi connectivity index (χ1n) is 9.43. The zero-order valence-electron chi connectivity index (χ0n) is 16.1. The lowest BCUT2D eigenvalue weighted by atomic mass is 9.97. The van der Waals surface area contributed by atoms with Crippen molar-refractivity contribution in [1.82, 2.24) is 19.9 Å². The Morgan fingerprint density at radius 2 is 1.72 bits per heavy atom. The molecule has 2 aliphatic rings. The van der Waals surface area contributed by atoms with Crippen molar-refractivity contribution in [2.45, 2.75) is 37.8 Å². The van der Waals surface area contributed by atoms with Crippen LogP contribution in [0.15, 0.2) is 28.8 Å². The van der Waals surface area contributed by atoms with E-state index < -0.39 is 5.54 Å². The Kier molecular flexibility index (Phi) is 8.31. The second kappa shape index (κ2) is 10.1. The summed E-state index contributed by atoms with van der Waals surface area (Å²) in [5.41, 5.74) is 6.55. The number of hydrogen-bond donors (Lipinski definition) is 1. The highest BCUT2D eigenvalue weighted by atomic mass is 35.5. The fourth-order valence-corrected chi connectivity index (χ4v) is 4.00. The maximum absolute atomic E-state index is 12.7. The summed E-state index contributed by atoms with van der Waals surface area (Å²) in [5.74, 6) is 1.25. The normalized spacial score (nSPS) is 18.8. The van der Waals surface area contributed by atoms with E-state index in [1.54, 1.807) is 12.1 Å². The summed E-state index contributed by atoms with van der Waals surface area (Å²) in [6.45, 7) is 3.52. The molecule has 0 spiro atoms. The molecule has 1 amide bonds. The molecule has 1 saturated carbocycles. The number of hydrogen-bond acceptors (Lipinski definition) is 6. The van der Waals surface area contributed by atoms with Crippen molar-refractivity contribution < 1.29 is 9.32 Å². The van der Waals surface area contributed by atoms with Gasteiger partial charge in [0.15, 0.2) is 0 Å². The van der Waals surface area contributed by atoms with Crippen LogP contribution in [0.3, 0.4) is 0 Å². The number of aromatic nitrogens is 2. The summed E-state index contributed by atoms with van der Waals surface area (Å²) >= 11 is 5.91. The number of amides is 1. The summed E-state index contributed by atoms with van der Waals surface area (Å²) in [6.07, 6.45) is 3.72. The van der Waals surface area contributed by atoms with Crippen molar-refractivity contribution in [3.8, 4) is 11.4 Å². The van der Waals surface area contributed by atoms with Gasteiger partial charge in [-0.15, -0.1) is 24.8 Å². The van der Waals surface area contributed by atoms with Crippen molar-refractivity contribution in [3.63, 3.8) is 0 Å². The van der Waals surface area contributed by atoms with Crippen LogP contribution in [0.25, 0.3) is 11.4 Å². The van der Waals surface area contributed by atoms with E-state index in [2.05, 4.69) is 15.0 Å². The summed E-state index contributed by atoms with van der Waals surface area (Å²) in [5, 5.41) is 4.72. The molecule has 0 bridgehead atoms. The molecule has 2 fully saturated rings. The number of nitrogens with two attached hydrogens (primary N) is 1. The summed E-state index contributed by atoms with van der Waals surface area (Å²) in [6, 6.07) is 7.34. The largest absolute Gasteiger partial charge is 0.339 e. The number of carbonyl (C=O) groups is 1. The predicted octanol–water partition coefficient (Wildman–Crippen LogP) is 3.15. The van der Waals surface area contributed by atoms with Gasteiger partial charge in [-0.2, -0.15) is 4.98 Å². The molecule has 7 nitrogen and oxygen atoms in total. The first-order chi connectivity index (χ1) is 13.0. The van der Waals surface area contributed by atoms with Crippen LogP contribution in [0.2, 0.25) is 5.02 Å². The molecule has 1 saturated heterocycles. The second-order valence-corrected chi connectivity index (χ2v) is 7.89. The third-order valence-corrected chi connectivity index (χ3v) is 5.76. The van der Waals surface area contributed by atoms with E-state index in [4.69, 9.17) is 21.9 Å². The van der Waals surface area contributed by atoms with Crippen molar-refractivity contribution >= 4 is 42.3 Å². The van der Waals surface area contributed by atoms with Gasteiger partial charge in [0, 0.05) is 36.8 Å². The summed E-state index contributed by atoms with van der Waals surface area (Å²) in [4.78, 5) is 21.3. The fraction of sp³-hybridized carbons (Fsp3) is 0.526. The molecule has 1 aromatic carbocycles. The molecule has 2 aromatic rings. The molecule has 1 aromatic heterocycles. The van der Waals surface area contributed by atoms with Gasteiger partial charge in [-0.3, -0.25) is 9.69 Å². The first kappa shape index (κ1) is 23.9. The second-order valence-electron chi connectivity index (χ2n) is 7.45. The van der Waals surface area contributed by atoms with Gasteiger partial charge in [0.2, 0.25) is 17.6 Å². The Morgan fingerprint density at radius 1 is 1.10 bits per heavy atom. The van der Waals surface area contributed by atoms with Crippen LogP contribution in [0, 0.1) is 0 Å². The lowest BCUT2D eigenvalue weighted by molar-refractivity contribution is -0.138. The highest BCUT2D eigenvalue weighted by molar-refractivity contribution is 6.30. The lowest BCUT2D eigenvalue weighted by Gasteiger charge is -2.38. The van der Waals surface area contributed by atoms with E-state index in [0.29, 0.717) is 36.4 Å². The Labute approximate surface area is 187 Å². The molecule has 4 rings (SSSR count). The summed E-state index contributed by atoms with van der Waals surface area (Å²) in [7, 11) is 0. The van der Waals surface area contributed by atoms with E-state index in [9.17, 15) is 4.79 Å². The van der Waals surface area contributed by atoms with Gasteiger partial charge in [0.05, 0.1) is 12.1 Å². The molecule has 29 heavy (non-hydrogen) atoms. The minimum Gasteiger partial charge on any atom is -0.339 e. The predicted molar refractivity (Wildman–Crippen MR) is 116 cm³/mol. The molecule has 1 aliphatic heterocycles. The van der Waals surface area contributed by atoms with Crippen LogP contribution in [0.5, 0.6) is 0 Å². The van der Waals surface area contributed by atoms with Crippen LogP contribution >= 0.6 is 36.4 Å². The molecule has 1 aliphatic carbocycles. The number of piperazine rings is 1. The third-order valence-electron chi connectivity index (χ3n) is 5.51. The van der Waals surface area contributed by atoms with E-state index in [1.807, 2.05) is 17.0 Å². The smallest absolute Gasteiger partial charge is 0.242 e. The highest BCUT2D eigenvalue weighted by Gasteiger charge is 2.40. The van der Waals surface area contributed by atoms with Crippen LogP contribution in [0.1, 0.15) is 31.6 Å². The Balaban J connectivity index is 0.00000150. The van der Waals surface area contributed by atoms with Crippen LogP contribution in [-0.2, 0) is 11.3 Å². The lowest BCUT2D eigenvalue weighted by Crippen LogP contribution is -2.58. The van der Waals surface area contributed by atoms with Gasteiger partial charge in [-0.25, -0.2) is 0 Å². The summed E-state index contributed by atoms with van der Waals surface area (Å²) < 4.78 is 5.39. The number of rotatable bonds is 4. The first-order valence-corrected chi connectivity index (χ1v) is 9.80. The minimum absolute atomic E-state index is 0. The zero-order valence-corrected chi connectivity index (χ0v) is 18.4. The standard InChI is InChI=1S/C19H24ClN5O2.2ClH/c20-15-5-3-14(4-6-15)17-22-16(27-23-17)13-24-9-11-25(12-10-24)18(26)19(21)7-1-2-8-19;;/h3-6H,1-2,7-13,21H2;2*1H. The maximum atomic E-state index is 12.7. The van der Waals surface area contributed by atoms with Gasteiger partial charge in [0.1, 0.15) is 0 Å². The quantitative estimate of drug-likeness (QED) is 0.751. The van der Waals surface area contributed by atoms with E-state index in [-0.39, 0.29) is 30.7 Å². The van der Waals surface area contributed by atoms with Crippen LogP contribution in [-0.4, -0.2) is 57.6 Å². The monoisotopic (exact) mass is 461 g/mol. The Bertz CT molecular complexity index is 800. The molecular weight excluding hydrogens is 437 g/mol. The zero-order chi connectivity index (χ0) is 18.9. The molecule has 2 heterocycles. The van der Waals surface area contributed by atoms with Crippen molar-refractivity contribution in [1.29, 1.82) is 0 Å². The van der Waals surface area contributed by atoms with E-state index >= 15 is 0 Å². The molecule has 10 heteroatoms. The molecule has 0 radical (unpaired) electrons. The third kappa shape index (κ3) is 5.41. The number of carbonyl (C=O) groups excluding carboxylic acids is 1. The molecule has 0 unspecified atom stereocenters. The SMILES string of the molecule is Cl.Cl.NC1(C(=O)N2CCN(Cc3nc(-c4ccc(Cl)cc4)no3)CC2)CCCC1. The van der Waals surface area contributed by atoms with Gasteiger partial charge >= 0.3 is 0 Å². The van der Waals surface area contributed by atoms with Crippen LogP contribution in [0.4, 0.5) is 0 Å². The van der Waals surface area contributed by atoms with E-state index in [0.717, 1.165) is 44.3 Å². The maximum Gasteiger partial charge on any atom is 0.242 e. The molecule has 160 valence electrons. The van der Waals surface area contributed by atoms with Crippen molar-refractivity contribution in [3.05, 3.63) is 35.2 Å².